The van der Waals surface area contributed by atoms with Crippen molar-refractivity contribution in [2.24, 2.45) is 5.92 Å². The van der Waals surface area contributed by atoms with Gasteiger partial charge in [-0.1, -0.05) is 74.5 Å². The zero-order chi connectivity index (χ0) is 24.0. The van der Waals surface area contributed by atoms with Gasteiger partial charge >= 0.3 is 22.8 Å². The van der Waals surface area contributed by atoms with E-state index in [1.165, 1.54) is 0 Å². The molecular weight excluding hydrogens is 460 g/mol. The second-order valence-corrected chi connectivity index (χ2v) is 19.8. The molecule has 0 bridgehead atoms. The molecule has 7 nitrogen and oxygen atoms in total. The van der Waals surface area contributed by atoms with Gasteiger partial charge in [0.05, 0.1) is 12.7 Å². The first-order valence-electron chi connectivity index (χ1n) is 11.8. The van der Waals surface area contributed by atoms with E-state index in [0.717, 1.165) is 0 Å². The summed E-state index contributed by atoms with van der Waals surface area (Å²) in [7, 11) is -5.33. The molecule has 1 aromatic rings. The maximum atomic E-state index is 12.6. The van der Waals surface area contributed by atoms with Crippen LogP contribution in [-0.2, 0) is 17.7 Å². The van der Waals surface area contributed by atoms with Crippen molar-refractivity contribution in [1.29, 1.82) is 0 Å². The van der Waals surface area contributed by atoms with Gasteiger partial charge in [-0.25, -0.2) is 4.79 Å². The third kappa shape index (κ3) is 4.39. The lowest BCUT2D eigenvalue weighted by Crippen LogP contribution is -2.65. The molecule has 0 aliphatic carbocycles. The van der Waals surface area contributed by atoms with E-state index in [2.05, 4.69) is 67.3 Å². The standard InChI is InChI=1S/C22H40N2O5SSi2/c1-13(2)31(14(3)4)26-12-18-20(28-32(29-31,15(5)6)16(7)8)17(9)21(27-18)24-11-10-19(30)23-22(24)25/h10-11,13-18,20-21H,12H2,1-9H3,(H,23,25,30)/t17-,18+,20+,21+/m0/s1. The average molecular weight is 501 g/mol. The lowest BCUT2D eigenvalue weighted by molar-refractivity contribution is -0.0572. The van der Waals surface area contributed by atoms with E-state index in [-0.39, 0.29) is 46.0 Å². The number of ether oxygens (including phenoxy) is 1. The van der Waals surface area contributed by atoms with Crippen molar-refractivity contribution in [2.75, 3.05) is 6.61 Å². The maximum Gasteiger partial charge on any atom is 0.335 e. The molecule has 1 N–H and O–H groups in total. The van der Waals surface area contributed by atoms with Gasteiger partial charge in [-0.05, 0) is 28.2 Å². The van der Waals surface area contributed by atoms with Crippen LogP contribution in [0.4, 0.5) is 0 Å². The van der Waals surface area contributed by atoms with Crippen LogP contribution in [0.1, 0.15) is 68.5 Å². The molecule has 3 heterocycles. The van der Waals surface area contributed by atoms with Crippen LogP contribution in [0.25, 0.3) is 0 Å². The largest absolute Gasteiger partial charge is 0.414 e. The highest BCUT2D eigenvalue weighted by Crippen LogP contribution is 2.49. The van der Waals surface area contributed by atoms with Crippen LogP contribution >= 0.6 is 12.2 Å². The molecule has 2 aliphatic rings. The van der Waals surface area contributed by atoms with Gasteiger partial charge in [-0.15, -0.1) is 0 Å². The van der Waals surface area contributed by atoms with E-state index < -0.39 is 23.3 Å². The van der Waals surface area contributed by atoms with Crippen LogP contribution < -0.4 is 5.69 Å². The van der Waals surface area contributed by atoms with Crippen molar-refractivity contribution in [3.8, 4) is 0 Å². The van der Waals surface area contributed by atoms with Gasteiger partial charge in [-0.3, -0.25) is 9.55 Å². The summed E-state index contributed by atoms with van der Waals surface area (Å²) in [5.74, 6) is -0.0501. The quantitative estimate of drug-likeness (QED) is 0.431. The molecule has 2 aliphatic heterocycles. The lowest BCUT2D eigenvalue weighted by Gasteiger charge is -2.51. The maximum absolute atomic E-state index is 12.6. The van der Waals surface area contributed by atoms with Crippen LogP contribution in [0.15, 0.2) is 17.1 Å². The van der Waals surface area contributed by atoms with Gasteiger partial charge in [-0.2, -0.15) is 0 Å². The minimum Gasteiger partial charge on any atom is -0.414 e. The second-order valence-electron chi connectivity index (χ2n) is 10.5. The Morgan fingerprint density at radius 1 is 1.03 bits per heavy atom. The topological polar surface area (TPSA) is 74.7 Å². The minimum absolute atomic E-state index is 0.0501. The lowest BCUT2D eigenvalue weighted by atomic mass is 10.0. The molecule has 182 valence electrons. The molecular formula is C22H40N2O5SSi2. The monoisotopic (exact) mass is 500 g/mol. The highest BCUT2D eigenvalue weighted by molar-refractivity contribution is 7.71. The molecule has 0 saturated carbocycles. The third-order valence-corrected chi connectivity index (χ3v) is 17.6. The first-order valence-corrected chi connectivity index (χ1v) is 16.2. The Morgan fingerprint density at radius 2 is 1.59 bits per heavy atom. The van der Waals surface area contributed by atoms with Gasteiger partial charge in [0.2, 0.25) is 0 Å². The fourth-order valence-corrected chi connectivity index (χ4v) is 16.7. The molecule has 1 aromatic heterocycles. The first kappa shape index (κ1) is 26.0. The first-order chi connectivity index (χ1) is 14.9. The highest BCUT2D eigenvalue weighted by atomic mass is 32.1. The van der Waals surface area contributed by atoms with Gasteiger partial charge in [0.25, 0.3) is 0 Å². The number of H-pyrrole nitrogens is 1. The zero-order valence-electron chi connectivity index (χ0n) is 20.9. The number of rotatable bonds is 5. The molecule has 0 spiro atoms. The summed E-state index contributed by atoms with van der Waals surface area (Å²) < 4.78 is 29.6. The van der Waals surface area contributed by atoms with Gasteiger partial charge in [0.1, 0.15) is 17.0 Å². The number of hydrogen-bond acceptors (Lipinski definition) is 6. The number of hydrogen-bond donors (Lipinski definition) is 1. The predicted molar refractivity (Wildman–Crippen MR) is 133 cm³/mol. The van der Waals surface area contributed by atoms with Gasteiger partial charge in [0.15, 0.2) is 0 Å². The van der Waals surface area contributed by atoms with Crippen LogP contribution in [0.2, 0.25) is 22.2 Å². The van der Waals surface area contributed by atoms with Crippen LogP contribution in [0.5, 0.6) is 0 Å². The number of fused-ring (bicyclic) bond motifs is 1. The van der Waals surface area contributed by atoms with E-state index in [9.17, 15) is 4.79 Å². The van der Waals surface area contributed by atoms with E-state index in [4.69, 9.17) is 29.9 Å². The van der Waals surface area contributed by atoms with Gasteiger partial charge < -0.3 is 17.7 Å². The molecule has 2 fully saturated rings. The van der Waals surface area contributed by atoms with Crippen LogP contribution in [-0.4, -0.2) is 45.5 Å². The van der Waals surface area contributed by atoms with Crippen molar-refractivity contribution in [3.63, 3.8) is 0 Å². The Hall–Kier alpha value is -0.626. The number of aromatic nitrogens is 2. The number of nitrogens with one attached hydrogen (secondary N) is 1. The normalized spacial score (nSPS) is 30.0. The zero-order valence-corrected chi connectivity index (χ0v) is 23.7. The van der Waals surface area contributed by atoms with E-state index in [1.807, 2.05) is 0 Å². The van der Waals surface area contributed by atoms with Crippen LogP contribution in [0.3, 0.4) is 0 Å². The molecule has 2 saturated heterocycles. The summed E-state index contributed by atoms with van der Waals surface area (Å²) in [5, 5.41) is 0. The van der Waals surface area contributed by atoms with Crippen molar-refractivity contribution < 1.29 is 17.7 Å². The van der Waals surface area contributed by atoms with Crippen LogP contribution in [0, 0.1) is 10.6 Å². The van der Waals surface area contributed by atoms with Crippen molar-refractivity contribution >= 4 is 29.3 Å². The molecule has 0 radical (unpaired) electrons. The Balaban J connectivity index is 2.08. The predicted octanol–water partition coefficient (Wildman–Crippen LogP) is 5.40. The second kappa shape index (κ2) is 9.55. The Labute approximate surface area is 199 Å². The molecule has 0 aromatic carbocycles. The van der Waals surface area contributed by atoms with E-state index in [0.29, 0.717) is 11.2 Å². The fourth-order valence-electron chi connectivity index (χ4n) is 5.28. The number of aromatic amines is 1. The van der Waals surface area contributed by atoms with Crippen molar-refractivity contribution in [2.45, 2.75) is 103 Å². The number of nitrogens with zero attached hydrogens (tertiary/aromatic N) is 1. The van der Waals surface area contributed by atoms with E-state index >= 15 is 0 Å². The molecule has 32 heavy (non-hydrogen) atoms. The van der Waals surface area contributed by atoms with E-state index in [1.54, 1.807) is 16.8 Å². The Bertz CT molecular complexity index is 900. The average Bonchev–Trinajstić information content (AvgIpc) is 2.96. The summed E-state index contributed by atoms with van der Waals surface area (Å²) in [6.45, 7) is 20.2. The van der Waals surface area contributed by atoms with Crippen molar-refractivity contribution in [3.05, 3.63) is 27.4 Å². The molecule has 10 heteroatoms. The van der Waals surface area contributed by atoms with Crippen molar-refractivity contribution in [1.82, 2.24) is 9.55 Å². The summed E-state index contributed by atoms with van der Waals surface area (Å²) in [6.07, 6.45) is 0.780. The molecule has 0 unspecified atom stereocenters. The summed E-state index contributed by atoms with van der Waals surface area (Å²) in [6, 6.07) is 1.71. The van der Waals surface area contributed by atoms with Gasteiger partial charge in [0, 0.05) is 12.1 Å². The summed E-state index contributed by atoms with van der Waals surface area (Å²) in [4.78, 5) is 15.3. The highest BCUT2D eigenvalue weighted by Gasteiger charge is 2.61. The Kier molecular flexibility index (Phi) is 7.76. The fraction of sp³-hybridized carbons (Fsp3) is 0.818. The molecule has 4 atom stereocenters. The third-order valence-electron chi connectivity index (χ3n) is 7.11. The summed E-state index contributed by atoms with van der Waals surface area (Å²) >= 11 is 5.10. The molecule has 3 rings (SSSR count). The summed E-state index contributed by atoms with van der Waals surface area (Å²) in [5.41, 5.74) is 0.772. The smallest absolute Gasteiger partial charge is 0.335 e. The Morgan fingerprint density at radius 3 is 2.09 bits per heavy atom. The molecule has 0 amide bonds. The minimum atomic E-state index is -2.72. The SMILES string of the molecule is CC(C)[Si]1(C(C)C)OC[C@H]2O[C@@H](n3ccc(=S)[nH]c3=O)[C@@H](C)[C@H]2O[Si](C(C)C)(C(C)C)O1.